The molecule has 1 aliphatic rings. The summed E-state index contributed by atoms with van der Waals surface area (Å²) in [6.07, 6.45) is 3.04. The van der Waals surface area contributed by atoms with Crippen LogP contribution < -0.4 is 14.9 Å². The number of morpholine rings is 1. The zero-order chi connectivity index (χ0) is 24.5. The molecular weight excluding hydrogens is 468 g/mol. The first kappa shape index (κ1) is 24.0. The molecule has 0 radical (unpaired) electrons. The van der Waals surface area contributed by atoms with E-state index in [-0.39, 0.29) is 35.0 Å². The fourth-order valence-electron chi connectivity index (χ4n) is 3.78. The second-order valence-electron chi connectivity index (χ2n) is 8.12. The van der Waals surface area contributed by atoms with Crippen LogP contribution >= 0.6 is 0 Å². The van der Waals surface area contributed by atoms with E-state index in [0.29, 0.717) is 31.0 Å². The van der Waals surface area contributed by atoms with Gasteiger partial charge in [-0.05, 0) is 32.4 Å². The molecule has 0 amide bonds. The Hall–Kier alpha value is -3.19. The van der Waals surface area contributed by atoms with Gasteiger partial charge in [0.1, 0.15) is 28.9 Å². The normalized spacial score (nSPS) is 18.8. The van der Waals surface area contributed by atoms with Crippen LogP contribution in [0.5, 0.6) is 0 Å². The number of benzene rings is 1. The molecule has 13 heteroatoms. The Bertz CT molecular complexity index is 1300. The Kier molecular flexibility index (Phi) is 6.75. The van der Waals surface area contributed by atoms with E-state index in [1.54, 1.807) is 6.92 Å². The lowest BCUT2D eigenvalue weighted by Crippen LogP contribution is -2.46. The monoisotopic (exact) mass is 493 g/mol. The summed E-state index contributed by atoms with van der Waals surface area (Å²) in [6, 6.07) is 2.00. The van der Waals surface area contributed by atoms with Gasteiger partial charge >= 0.3 is 0 Å². The minimum Gasteiger partial charge on any atom is -0.372 e. The molecule has 3 aromatic rings. The molecule has 34 heavy (non-hydrogen) atoms. The predicted octanol–water partition coefficient (Wildman–Crippen LogP) is 3.21. The van der Waals surface area contributed by atoms with Gasteiger partial charge < -0.3 is 15.0 Å². The number of sulfonamides is 1. The van der Waals surface area contributed by atoms with Gasteiger partial charge in [-0.15, -0.1) is 0 Å². The first-order valence-electron chi connectivity index (χ1n) is 10.8. The SMILES string of the molecule is CCCS(=O)(=O)Nc1ccc(F)c(Nc2ncnc3cnc(N4C[C@@H](C)O[C@@H](C)C4)nc23)c1F. The fraction of sp³-hybridized carbons (Fsp3) is 0.429. The first-order chi connectivity index (χ1) is 16.2. The first-order valence-corrected chi connectivity index (χ1v) is 12.5. The summed E-state index contributed by atoms with van der Waals surface area (Å²) in [7, 11) is -3.77. The van der Waals surface area contributed by atoms with Crippen molar-refractivity contribution >= 4 is 44.2 Å². The molecule has 0 aliphatic carbocycles. The van der Waals surface area contributed by atoms with Gasteiger partial charge in [0.2, 0.25) is 16.0 Å². The summed E-state index contributed by atoms with van der Waals surface area (Å²) >= 11 is 0. The van der Waals surface area contributed by atoms with Crippen LogP contribution in [0.25, 0.3) is 11.0 Å². The summed E-state index contributed by atoms with van der Waals surface area (Å²) in [5.74, 6) is -1.75. The van der Waals surface area contributed by atoms with Crippen LogP contribution in [0.4, 0.5) is 31.9 Å². The molecule has 4 rings (SSSR count). The van der Waals surface area contributed by atoms with Gasteiger partial charge in [-0.3, -0.25) is 4.72 Å². The average Bonchev–Trinajstić information content (AvgIpc) is 2.77. The van der Waals surface area contributed by atoms with E-state index in [0.717, 1.165) is 12.1 Å². The Balaban J connectivity index is 1.70. The van der Waals surface area contributed by atoms with Crippen LogP contribution in [0.2, 0.25) is 0 Å². The van der Waals surface area contributed by atoms with Crippen LogP contribution in [0.15, 0.2) is 24.7 Å². The average molecular weight is 494 g/mol. The molecule has 10 nitrogen and oxygen atoms in total. The fourth-order valence-corrected chi connectivity index (χ4v) is 4.91. The van der Waals surface area contributed by atoms with E-state index >= 15 is 4.39 Å². The molecule has 1 aromatic carbocycles. The molecule has 2 aromatic heterocycles. The van der Waals surface area contributed by atoms with Crippen LogP contribution in [0, 0.1) is 11.6 Å². The number of anilines is 4. The number of nitrogens with zero attached hydrogens (tertiary/aromatic N) is 5. The maximum Gasteiger partial charge on any atom is 0.232 e. The number of hydrogen-bond acceptors (Lipinski definition) is 9. The smallest absolute Gasteiger partial charge is 0.232 e. The second kappa shape index (κ2) is 9.58. The van der Waals surface area contributed by atoms with Gasteiger partial charge in [-0.1, -0.05) is 6.92 Å². The van der Waals surface area contributed by atoms with Crippen LogP contribution in [-0.4, -0.2) is 59.4 Å². The maximum absolute atomic E-state index is 15.1. The lowest BCUT2D eigenvalue weighted by molar-refractivity contribution is -0.00570. The van der Waals surface area contributed by atoms with E-state index in [4.69, 9.17) is 4.74 Å². The predicted molar refractivity (Wildman–Crippen MR) is 125 cm³/mol. The molecule has 0 unspecified atom stereocenters. The van der Waals surface area contributed by atoms with E-state index < -0.39 is 27.3 Å². The number of nitrogens with one attached hydrogen (secondary N) is 2. The topological polar surface area (TPSA) is 122 Å². The van der Waals surface area contributed by atoms with Gasteiger partial charge in [-0.2, -0.15) is 0 Å². The van der Waals surface area contributed by atoms with E-state index in [9.17, 15) is 12.8 Å². The zero-order valence-electron chi connectivity index (χ0n) is 18.9. The number of aromatic nitrogens is 4. The van der Waals surface area contributed by atoms with Crippen molar-refractivity contribution in [2.75, 3.05) is 33.8 Å². The van der Waals surface area contributed by atoms with Crippen molar-refractivity contribution in [3.05, 3.63) is 36.3 Å². The van der Waals surface area contributed by atoms with Gasteiger partial charge in [0.05, 0.1) is 29.8 Å². The minimum absolute atomic E-state index is 0.0184. The van der Waals surface area contributed by atoms with Crippen molar-refractivity contribution in [1.82, 2.24) is 19.9 Å². The molecule has 0 saturated carbocycles. The van der Waals surface area contributed by atoms with E-state index in [1.165, 1.54) is 12.5 Å². The summed E-state index contributed by atoms with van der Waals surface area (Å²) in [6.45, 7) is 6.74. The summed E-state index contributed by atoms with van der Waals surface area (Å²) in [5.41, 5.74) is -0.306. The number of hydrogen-bond donors (Lipinski definition) is 2. The molecule has 1 saturated heterocycles. The van der Waals surface area contributed by atoms with Gasteiger partial charge in [-0.25, -0.2) is 37.1 Å². The van der Waals surface area contributed by atoms with Gasteiger partial charge in [0.15, 0.2) is 11.6 Å². The van der Waals surface area contributed by atoms with Crippen molar-refractivity contribution in [1.29, 1.82) is 0 Å². The number of rotatable bonds is 7. The minimum atomic E-state index is -3.77. The molecule has 3 heterocycles. The molecular formula is C21H25F2N7O3S. The summed E-state index contributed by atoms with van der Waals surface area (Å²) in [5, 5.41) is 2.62. The highest BCUT2D eigenvalue weighted by Gasteiger charge is 2.25. The van der Waals surface area contributed by atoms with E-state index in [2.05, 4.69) is 30.0 Å². The molecule has 0 spiro atoms. The van der Waals surface area contributed by atoms with E-state index in [1.807, 2.05) is 18.7 Å². The highest BCUT2D eigenvalue weighted by Crippen LogP contribution is 2.31. The van der Waals surface area contributed by atoms with Crippen molar-refractivity contribution in [3.8, 4) is 0 Å². The number of fused-ring (bicyclic) bond motifs is 1. The van der Waals surface area contributed by atoms with Gasteiger partial charge in [0.25, 0.3) is 0 Å². The summed E-state index contributed by atoms with van der Waals surface area (Å²) in [4.78, 5) is 19.1. The van der Waals surface area contributed by atoms with Crippen molar-refractivity contribution in [2.24, 2.45) is 0 Å². The zero-order valence-corrected chi connectivity index (χ0v) is 19.7. The Labute approximate surface area is 195 Å². The number of ether oxygens (including phenoxy) is 1. The second-order valence-corrected chi connectivity index (χ2v) is 9.96. The van der Waals surface area contributed by atoms with Crippen LogP contribution in [0.3, 0.4) is 0 Å². The van der Waals surface area contributed by atoms with Crippen molar-refractivity contribution in [2.45, 2.75) is 39.4 Å². The summed E-state index contributed by atoms with van der Waals surface area (Å²) < 4.78 is 61.7. The van der Waals surface area contributed by atoms with Crippen LogP contribution in [-0.2, 0) is 14.8 Å². The third kappa shape index (κ3) is 5.14. The molecule has 2 N–H and O–H groups in total. The maximum atomic E-state index is 15.1. The lowest BCUT2D eigenvalue weighted by atomic mass is 10.2. The Morgan fingerprint density at radius 2 is 1.88 bits per heavy atom. The van der Waals surface area contributed by atoms with Gasteiger partial charge in [0, 0.05) is 13.1 Å². The highest BCUT2D eigenvalue weighted by molar-refractivity contribution is 7.92. The van der Waals surface area contributed by atoms with Crippen molar-refractivity contribution < 1.29 is 21.9 Å². The molecule has 1 aliphatic heterocycles. The third-order valence-electron chi connectivity index (χ3n) is 5.14. The lowest BCUT2D eigenvalue weighted by Gasteiger charge is -2.35. The molecule has 182 valence electrons. The molecule has 1 fully saturated rings. The largest absolute Gasteiger partial charge is 0.372 e. The van der Waals surface area contributed by atoms with Crippen LogP contribution in [0.1, 0.15) is 27.2 Å². The molecule has 2 atom stereocenters. The quantitative estimate of drug-likeness (QED) is 0.511. The highest BCUT2D eigenvalue weighted by atomic mass is 32.2. The Morgan fingerprint density at radius 1 is 1.15 bits per heavy atom. The standard InChI is InChI=1S/C21H25F2N7O3S/c1-4-7-34(31,32)29-15-6-5-14(22)18(17(15)23)27-20-19-16(25-11-26-20)8-24-21(28-19)30-9-12(2)33-13(3)10-30/h5-6,8,11-13,29H,4,7,9-10H2,1-3H3,(H,25,26,27)/t12-,13+. The molecule has 0 bridgehead atoms. The number of halogens is 2. The Morgan fingerprint density at radius 3 is 2.59 bits per heavy atom. The van der Waals surface area contributed by atoms with Crippen molar-refractivity contribution in [3.63, 3.8) is 0 Å². The third-order valence-corrected chi connectivity index (χ3v) is 6.62.